The topological polar surface area (TPSA) is 80.0 Å². The zero-order valence-corrected chi connectivity index (χ0v) is 14.0. The van der Waals surface area contributed by atoms with E-state index in [9.17, 15) is 9.59 Å². The van der Waals surface area contributed by atoms with Crippen LogP contribution in [0.2, 0.25) is 0 Å². The highest BCUT2D eigenvalue weighted by Crippen LogP contribution is 2.19. The van der Waals surface area contributed by atoms with Gasteiger partial charge < -0.3 is 19.2 Å². The first kappa shape index (κ1) is 17.6. The van der Waals surface area contributed by atoms with E-state index in [1.54, 1.807) is 14.0 Å². The number of hydrogen-bond donors (Lipinski definition) is 1. The quantitative estimate of drug-likeness (QED) is 0.844. The number of aryl methyl sites for hydroxylation is 2. The van der Waals surface area contributed by atoms with E-state index in [1.165, 1.54) is 11.2 Å². The van der Waals surface area contributed by atoms with Gasteiger partial charge in [0.1, 0.15) is 24.5 Å². The molecule has 0 aliphatic carbocycles. The molecule has 1 aromatic carbocycles. The Kier molecular flexibility index (Phi) is 5.63. The number of aliphatic carboxylic acids is 1. The molecule has 0 unspecified atom stereocenters. The molecule has 0 aliphatic rings. The van der Waals surface area contributed by atoms with Gasteiger partial charge in [-0.05, 0) is 31.5 Å². The van der Waals surface area contributed by atoms with Crippen molar-refractivity contribution in [1.29, 1.82) is 0 Å². The lowest BCUT2D eigenvalue weighted by Crippen LogP contribution is -2.31. The molecule has 0 saturated heterocycles. The van der Waals surface area contributed by atoms with Gasteiger partial charge in [0.05, 0.1) is 18.4 Å². The first-order chi connectivity index (χ1) is 11.4. The van der Waals surface area contributed by atoms with Crippen molar-refractivity contribution in [2.24, 2.45) is 0 Å². The van der Waals surface area contributed by atoms with Crippen molar-refractivity contribution >= 4 is 11.9 Å². The minimum absolute atomic E-state index is 0.177. The maximum Gasteiger partial charge on any atom is 0.311 e. The maximum absolute atomic E-state index is 12.5. The van der Waals surface area contributed by atoms with Gasteiger partial charge in [0.15, 0.2) is 0 Å². The minimum Gasteiger partial charge on any atom is -0.492 e. The van der Waals surface area contributed by atoms with E-state index in [4.69, 9.17) is 14.3 Å². The number of carbonyl (C=O) groups excluding carboxylic acids is 1. The van der Waals surface area contributed by atoms with Crippen LogP contribution in [-0.2, 0) is 11.2 Å². The van der Waals surface area contributed by atoms with Crippen LogP contribution in [0.1, 0.15) is 27.2 Å². The van der Waals surface area contributed by atoms with Crippen LogP contribution in [0, 0.1) is 13.8 Å². The summed E-state index contributed by atoms with van der Waals surface area (Å²) in [6, 6.07) is 7.67. The van der Waals surface area contributed by atoms with Crippen molar-refractivity contribution in [2.45, 2.75) is 20.3 Å². The van der Waals surface area contributed by atoms with Crippen molar-refractivity contribution in [3.8, 4) is 5.75 Å². The Bertz CT molecular complexity index is 735. The molecule has 6 heteroatoms. The molecular formula is C18H21NO5. The SMILES string of the molecule is Cc1cccc(OCCN(C)C(=O)c2c(C)coc2CC(=O)O)c1. The maximum atomic E-state index is 12.5. The van der Waals surface area contributed by atoms with Gasteiger partial charge >= 0.3 is 5.97 Å². The summed E-state index contributed by atoms with van der Waals surface area (Å²) < 4.78 is 10.8. The molecule has 0 fully saturated rings. The van der Waals surface area contributed by atoms with Crippen LogP contribution in [0.5, 0.6) is 5.75 Å². The number of benzene rings is 1. The average molecular weight is 331 g/mol. The summed E-state index contributed by atoms with van der Waals surface area (Å²) >= 11 is 0. The molecule has 1 N–H and O–H groups in total. The van der Waals surface area contributed by atoms with Crippen molar-refractivity contribution in [3.63, 3.8) is 0 Å². The number of amides is 1. The van der Waals surface area contributed by atoms with Gasteiger partial charge in [0.2, 0.25) is 0 Å². The molecule has 2 rings (SSSR count). The lowest BCUT2D eigenvalue weighted by Gasteiger charge is -2.18. The smallest absolute Gasteiger partial charge is 0.311 e. The highest BCUT2D eigenvalue weighted by molar-refractivity contribution is 5.97. The number of hydrogen-bond acceptors (Lipinski definition) is 4. The Morgan fingerprint density at radius 2 is 2.04 bits per heavy atom. The molecule has 1 heterocycles. The Hall–Kier alpha value is -2.76. The number of likely N-dealkylation sites (N-methyl/N-ethyl adjacent to an activating group) is 1. The Morgan fingerprint density at radius 3 is 2.71 bits per heavy atom. The standard InChI is InChI=1S/C18H21NO5/c1-12-5-4-6-14(9-12)23-8-7-19(3)18(22)17-13(2)11-24-15(17)10-16(20)21/h4-6,9,11H,7-8,10H2,1-3H3,(H,20,21). The van der Waals surface area contributed by atoms with Crippen LogP contribution in [0.25, 0.3) is 0 Å². The van der Waals surface area contributed by atoms with Crippen molar-refractivity contribution in [2.75, 3.05) is 20.2 Å². The molecule has 2 aromatic rings. The second-order valence-electron chi connectivity index (χ2n) is 5.68. The average Bonchev–Trinajstić information content (AvgIpc) is 2.86. The summed E-state index contributed by atoms with van der Waals surface area (Å²) in [4.78, 5) is 24.9. The van der Waals surface area contributed by atoms with E-state index < -0.39 is 5.97 Å². The molecule has 24 heavy (non-hydrogen) atoms. The molecule has 6 nitrogen and oxygen atoms in total. The third-order valence-corrected chi connectivity index (χ3v) is 3.61. The lowest BCUT2D eigenvalue weighted by molar-refractivity contribution is -0.136. The number of carboxylic acid groups (broad SMARTS) is 1. The third-order valence-electron chi connectivity index (χ3n) is 3.61. The number of nitrogens with zero attached hydrogens (tertiary/aromatic N) is 1. The first-order valence-electron chi connectivity index (χ1n) is 7.62. The Morgan fingerprint density at radius 1 is 1.29 bits per heavy atom. The molecule has 0 saturated carbocycles. The van der Waals surface area contributed by atoms with E-state index in [1.807, 2.05) is 31.2 Å². The number of furan rings is 1. The normalized spacial score (nSPS) is 10.5. The Balaban J connectivity index is 1.97. The van der Waals surface area contributed by atoms with E-state index >= 15 is 0 Å². The van der Waals surface area contributed by atoms with Gasteiger partial charge in [0.25, 0.3) is 5.91 Å². The predicted octanol–water partition coefficient (Wildman–Crippen LogP) is 2.67. The minimum atomic E-state index is -1.04. The van der Waals surface area contributed by atoms with Gasteiger partial charge in [0, 0.05) is 12.6 Å². The van der Waals surface area contributed by atoms with Gasteiger partial charge in [-0.1, -0.05) is 12.1 Å². The lowest BCUT2D eigenvalue weighted by atomic mass is 10.1. The van der Waals surface area contributed by atoms with Crippen LogP contribution >= 0.6 is 0 Å². The molecule has 128 valence electrons. The molecule has 1 amide bonds. The zero-order valence-electron chi connectivity index (χ0n) is 14.0. The van der Waals surface area contributed by atoms with Crippen LogP contribution in [0.15, 0.2) is 34.9 Å². The van der Waals surface area contributed by atoms with Crippen LogP contribution in [0.4, 0.5) is 0 Å². The van der Waals surface area contributed by atoms with Crippen molar-refractivity contribution in [3.05, 3.63) is 53.0 Å². The fraction of sp³-hybridized carbons (Fsp3) is 0.333. The molecule has 0 radical (unpaired) electrons. The third kappa shape index (κ3) is 4.38. The molecule has 0 bridgehead atoms. The summed E-state index contributed by atoms with van der Waals surface area (Å²) in [6.07, 6.45) is 1.09. The summed E-state index contributed by atoms with van der Waals surface area (Å²) in [5.74, 6) is -0.382. The second kappa shape index (κ2) is 7.68. The van der Waals surface area contributed by atoms with Crippen LogP contribution in [-0.4, -0.2) is 42.1 Å². The van der Waals surface area contributed by atoms with Gasteiger partial charge in [-0.15, -0.1) is 0 Å². The molecule has 0 aliphatic heterocycles. The number of ether oxygens (including phenoxy) is 1. The van der Waals surface area contributed by atoms with Crippen LogP contribution in [0.3, 0.4) is 0 Å². The second-order valence-corrected chi connectivity index (χ2v) is 5.68. The number of carboxylic acids is 1. The monoisotopic (exact) mass is 331 g/mol. The summed E-state index contributed by atoms with van der Waals surface area (Å²) in [5, 5.41) is 8.91. The first-order valence-corrected chi connectivity index (χ1v) is 7.62. The van der Waals surface area contributed by atoms with Gasteiger partial charge in [-0.3, -0.25) is 9.59 Å². The number of carbonyl (C=O) groups is 2. The summed E-state index contributed by atoms with van der Waals surface area (Å²) in [7, 11) is 1.65. The highest BCUT2D eigenvalue weighted by Gasteiger charge is 2.23. The van der Waals surface area contributed by atoms with Gasteiger partial charge in [-0.25, -0.2) is 0 Å². The van der Waals surface area contributed by atoms with E-state index in [2.05, 4.69) is 0 Å². The molecule has 0 spiro atoms. The van der Waals surface area contributed by atoms with E-state index in [-0.39, 0.29) is 18.1 Å². The highest BCUT2D eigenvalue weighted by atomic mass is 16.5. The predicted molar refractivity (Wildman–Crippen MR) is 88.4 cm³/mol. The van der Waals surface area contributed by atoms with Crippen LogP contribution < -0.4 is 4.74 Å². The fourth-order valence-electron chi connectivity index (χ4n) is 2.35. The van der Waals surface area contributed by atoms with Gasteiger partial charge in [-0.2, -0.15) is 0 Å². The number of rotatable bonds is 7. The molecular weight excluding hydrogens is 310 g/mol. The molecule has 0 atom stereocenters. The largest absolute Gasteiger partial charge is 0.492 e. The zero-order chi connectivity index (χ0) is 17.7. The summed E-state index contributed by atoms with van der Waals surface area (Å²) in [5.41, 5.74) is 2.04. The summed E-state index contributed by atoms with van der Waals surface area (Å²) in [6.45, 7) is 4.42. The van der Waals surface area contributed by atoms with E-state index in [0.29, 0.717) is 24.3 Å². The fourth-order valence-corrected chi connectivity index (χ4v) is 2.35. The van der Waals surface area contributed by atoms with Crippen molar-refractivity contribution < 1.29 is 23.8 Å². The van der Waals surface area contributed by atoms with E-state index in [0.717, 1.165) is 11.3 Å². The Labute approximate surface area is 140 Å². The molecule has 1 aromatic heterocycles. The van der Waals surface area contributed by atoms with Crippen molar-refractivity contribution in [1.82, 2.24) is 4.90 Å².